The summed E-state index contributed by atoms with van der Waals surface area (Å²) in [7, 11) is -1.90. The van der Waals surface area contributed by atoms with E-state index in [1.54, 1.807) is 7.11 Å². The van der Waals surface area contributed by atoms with E-state index in [1.165, 1.54) is 11.3 Å². The van der Waals surface area contributed by atoms with Crippen LogP contribution in [0.5, 0.6) is 0 Å². The zero-order valence-corrected chi connectivity index (χ0v) is 12.6. The molecule has 0 aliphatic carbocycles. The van der Waals surface area contributed by atoms with E-state index in [9.17, 15) is 8.42 Å². The van der Waals surface area contributed by atoms with E-state index in [-0.39, 0.29) is 6.54 Å². The van der Waals surface area contributed by atoms with Crippen LogP contribution in [0.2, 0.25) is 0 Å². The number of thiophene rings is 1. The molecule has 0 bridgehead atoms. The second-order valence-electron chi connectivity index (χ2n) is 3.84. The van der Waals surface area contributed by atoms with Gasteiger partial charge in [-0.05, 0) is 24.4 Å². The van der Waals surface area contributed by atoms with Crippen LogP contribution in [-0.2, 0) is 21.3 Å². The third-order valence-electron chi connectivity index (χ3n) is 2.39. The number of sulfonamides is 1. The van der Waals surface area contributed by atoms with Gasteiger partial charge in [0.25, 0.3) is 0 Å². The van der Waals surface area contributed by atoms with Crippen molar-refractivity contribution in [1.29, 1.82) is 0 Å². The summed E-state index contributed by atoms with van der Waals surface area (Å²) < 4.78 is 31.8. The molecule has 7 heteroatoms. The van der Waals surface area contributed by atoms with Gasteiger partial charge in [0.05, 0.1) is 6.61 Å². The summed E-state index contributed by atoms with van der Waals surface area (Å²) in [6, 6.07) is 0. The maximum absolute atomic E-state index is 12.2. The molecule has 1 rings (SSSR count). The lowest BCUT2D eigenvalue weighted by atomic mass is 10.3. The Morgan fingerprint density at radius 3 is 2.78 bits per heavy atom. The van der Waals surface area contributed by atoms with Crippen molar-refractivity contribution in [3.8, 4) is 0 Å². The molecule has 1 aromatic heterocycles. The van der Waals surface area contributed by atoms with E-state index in [4.69, 9.17) is 4.74 Å². The molecular formula is C11H20N2O3S2. The summed E-state index contributed by atoms with van der Waals surface area (Å²) in [5.74, 6) is 0. The summed E-state index contributed by atoms with van der Waals surface area (Å²) >= 11 is 1.47. The molecule has 0 saturated heterocycles. The summed E-state index contributed by atoms with van der Waals surface area (Å²) in [6.07, 6.45) is 0. The number of nitrogens with one attached hydrogen (secondary N) is 2. The maximum atomic E-state index is 12.2. The Labute approximate surface area is 113 Å². The van der Waals surface area contributed by atoms with Crippen molar-refractivity contribution in [3.05, 3.63) is 15.8 Å². The summed E-state index contributed by atoms with van der Waals surface area (Å²) in [6.45, 7) is 5.85. The van der Waals surface area contributed by atoms with Gasteiger partial charge in [0.2, 0.25) is 10.0 Å². The van der Waals surface area contributed by atoms with Crippen LogP contribution in [0.3, 0.4) is 0 Å². The van der Waals surface area contributed by atoms with Crippen molar-refractivity contribution in [1.82, 2.24) is 10.0 Å². The third kappa shape index (κ3) is 4.03. The van der Waals surface area contributed by atoms with Crippen molar-refractivity contribution in [3.63, 3.8) is 0 Å². The molecule has 0 aromatic carbocycles. The second kappa shape index (κ2) is 7.20. The van der Waals surface area contributed by atoms with Gasteiger partial charge in [0.15, 0.2) is 0 Å². The van der Waals surface area contributed by atoms with E-state index < -0.39 is 10.0 Å². The molecule has 0 atom stereocenters. The molecule has 0 fully saturated rings. The molecular weight excluding hydrogens is 272 g/mol. The van der Waals surface area contributed by atoms with Crippen LogP contribution in [0.25, 0.3) is 0 Å². The Balaban J connectivity index is 2.89. The normalized spacial score (nSPS) is 11.9. The van der Waals surface area contributed by atoms with Crippen LogP contribution < -0.4 is 10.0 Å². The van der Waals surface area contributed by atoms with Crippen molar-refractivity contribution in [2.75, 3.05) is 26.8 Å². The number of hydrogen-bond acceptors (Lipinski definition) is 5. The van der Waals surface area contributed by atoms with Crippen LogP contribution in [-0.4, -0.2) is 35.2 Å². The van der Waals surface area contributed by atoms with E-state index in [1.807, 2.05) is 19.2 Å². The van der Waals surface area contributed by atoms with Crippen molar-refractivity contribution >= 4 is 21.4 Å². The van der Waals surface area contributed by atoms with Gasteiger partial charge in [-0.25, -0.2) is 13.1 Å². The SMILES string of the molecule is CCNCc1scc(C)c1S(=O)(=O)NCCOC. The van der Waals surface area contributed by atoms with E-state index in [2.05, 4.69) is 10.0 Å². The number of aryl methyl sites for hydroxylation is 1. The first-order valence-corrected chi connectivity index (χ1v) is 8.15. The molecule has 0 radical (unpaired) electrons. The summed E-state index contributed by atoms with van der Waals surface area (Å²) in [5.41, 5.74) is 0.790. The maximum Gasteiger partial charge on any atom is 0.242 e. The van der Waals surface area contributed by atoms with Crippen LogP contribution in [0.1, 0.15) is 17.4 Å². The molecule has 18 heavy (non-hydrogen) atoms. The fourth-order valence-electron chi connectivity index (χ4n) is 1.56. The van der Waals surface area contributed by atoms with Crippen molar-refractivity contribution in [2.45, 2.75) is 25.3 Å². The van der Waals surface area contributed by atoms with E-state index in [0.29, 0.717) is 18.0 Å². The third-order valence-corrected chi connectivity index (χ3v) is 5.32. The number of methoxy groups -OCH3 is 1. The van der Waals surface area contributed by atoms with Crippen molar-refractivity contribution in [2.24, 2.45) is 0 Å². The first-order valence-electron chi connectivity index (χ1n) is 5.79. The van der Waals surface area contributed by atoms with Crippen LogP contribution in [0.15, 0.2) is 10.3 Å². The molecule has 104 valence electrons. The predicted octanol–water partition coefficient (Wildman–Crippen LogP) is 1.09. The Morgan fingerprint density at radius 1 is 1.44 bits per heavy atom. The number of hydrogen-bond donors (Lipinski definition) is 2. The Hall–Kier alpha value is -0.470. The smallest absolute Gasteiger partial charge is 0.242 e. The zero-order valence-electron chi connectivity index (χ0n) is 10.9. The van der Waals surface area contributed by atoms with Crippen LogP contribution >= 0.6 is 11.3 Å². The van der Waals surface area contributed by atoms with Gasteiger partial charge in [-0.2, -0.15) is 0 Å². The first kappa shape index (κ1) is 15.6. The fourth-order valence-corrected chi connectivity index (χ4v) is 4.35. The van der Waals surface area contributed by atoms with Crippen molar-refractivity contribution < 1.29 is 13.2 Å². The highest BCUT2D eigenvalue weighted by molar-refractivity contribution is 7.89. The first-order chi connectivity index (χ1) is 8.53. The van der Waals surface area contributed by atoms with Crippen LogP contribution in [0.4, 0.5) is 0 Å². The minimum atomic E-state index is -3.44. The molecule has 0 aliphatic rings. The minimum Gasteiger partial charge on any atom is -0.383 e. The van der Waals surface area contributed by atoms with E-state index in [0.717, 1.165) is 17.0 Å². The van der Waals surface area contributed by atoms with Crippen LogP contribution in [0, 0.1) is 6.92 Å². The van der Waals surface area contributed by atoms with E-state index >= 15 is 0 Å². The van der Waals surface area contributed by atoms with Gasteiger partial charge in [0.1, 0.15) is 4.90 Å². The Kier molecular flexibility index (Phi) is 6.24. The monoisotopic (exact) mass is 292 g/mol. The quantitative estimate of drug-likeness (QED) is 0.704. The lowest BCUT2D eigenvalue weighted by molar-refractivity contribution is 0.204. The molecule has 5 nitrogen and oxygen atoms in total. The topological polar surface area (TPSA) is 67.4 Å². The van der Waals surface area contributed by atoms with Gasteiger partial charge in [0, 0.05) is 25.1 Å². The largest absolute Gasteiger partial charge is 0.383 e. The fraction of sp³-hybridized carbons (Fsp3) is 0.636. The standard InChI is InChI=1S/C11H20N2O3S2/c1-4-12-7-10-11(9(2)8-17-10)18(14,15)13-5-6-16-3/h8,12-13H,4-7H2,1-3H3. The molecule has 0 saturated carbocycles. The zero-order chi connectivity index (χ0) is 13.6. The molecule has 0 unspecified atom stereocenters. The molecule has 1 aromatic rings. The minimum absolute atomic E-state index is 0.286. The molecule has 2 N–H and O–H groups in total. The lowest BCUT2D eigenvalue weighted by Crippen LogP contribution is -2.28. The van der Waals surface area contributed by atoms with Gasteiger partial charge in [-0.3, -0.25) is 0 Å². The van der Waals surface area contributed by atoms with Gasteiger partial charge in [-0.15, -0.1) is 11.3 Å². The highest BCUT2D eigenvalue weighted by Gasteiger charge is 2.22. The van der Waals surface area contributed by atoms with Gasteiger partial charge < -0.3 is 10.1 Å². The average Bonchev–Trinajstić information content (AvgIpc) is 2.68. The average molecular weight is 292 g/mol. The van der Waals surface area contributed by atoms with Gasteiger partial charge >= 0.3 is 0 Å². The second-order valence-corrected chi connectivity index (χ2v) is 6.51. The summed E-state index contributed by atoms with van der Waals surface area (Å²) in [4.78, 5) is 1.25. The van der Waals surface area contributed by atoms with Gasteiger partial charge in [-0.1, -0.05) is 6.92 Å². The summed E-state index contributed by atoms with van der Waals surface area (Å²) in [5, 5.41) is 5.02. The highest BCUT2D eigenvalue weighted by Crippen LogP contribution is 2.26. The lowest BCUT2D eigenvalue weighted by Gasteiger charge is -2.09. The molecule has 0 spiro atoms. The highest BCUT2D eigenvalue weighted by atomic mass is 32.2. The Morgan fingerprint density at radius 2 is 2.17 bits per heavy atom. The number of ether oxygens (including phenoxy) is 1. The Bertz CT molecular complexity index is 469. The molecule has 1 heterocycles. The number of rotatable bonds is 8. The molecule has 0 amide bonds. The molecule has 0 aliphatic heterocycles. The predicted molar refractivity (Wildman–Crippen MR) is 73.5 cm³/mol.